The Morgan fingerprint density at radius 3 is 1.54 bits per heavy atom. The van der Waals surface area contributed by atoms with E-state index in [2.05, 4.69) is 6.92 Å². The number of ether oxygens (including phenoxy) is 1. The van der Waals surface area contributed by atoms with Crippen molar-refractivity contribution in [2.24, 2.45) is 5.92 Å². The zero-order valence-corrected chi connectivity index (χ0v) is 16.4. The molecule has 0 radical (unpaired) electrons. The van der Waals surface area contributed by atoms with Crippen molar-refractivity contribution in [2.45, 2.75) is 110 Å². The lowest BCUT2D eigenvalue weighted by molar-refractivity contribution is -0.142. The van der Waals surface area contributed by atoms with Gasteiger partial charge in [0.15, 0.2) is 0 Å². The molecule has 1 unspecified atom stereocenters. The number of carboxylic acid groups (broad SMARTS) is 1. The molecule has 144 valence electrons. The van der Waals surface area contributed by atoms with Crippen LogP contribution in [0, 0.1) is 5.92 Å². The summed E-state index contributed by atoms with van der Waals surface area (Å²) in [5, 5.41) is 9.15. The van der Waals surface area contributed by atoms with Crippen molar-refractivity contribution in [1.29, 1.82) is 0 Å². The van der Waals surface area contributed by atoms with E-state index in [0.717, 1.165) is 12.8 Å². The van der Waals surface area contributed by atoms with Crippen molar-refractivity contribution in [1.82, 2.24) is 0 Å². The fraction of sp³-hybridized carbons (Fsp3) is 0.952. The molecule has 0 spiro atoms. The van der Waals surface area contributed by atoms with Gasteiger partial charge in [-0.2, -0.15) is 0 Å². The van der Waals surface area contributed by atoms with Crippen LogP contribution in [0.5, 0.6) is 0 Å². The molecular weight excluding hydrogens is 300 g/mol. The van der Waals surface area contributed by atoms with E-state index in [4.69, 9.17) is 9.84 Å². The van der Waals surface area contributed by atoms with Crippen LogP contribution in [-0.4, -0.2) is 24.8 Å². The van der Waals surface area contributed by atoms with Crippen LogP contribution in [0.4, 0.5) is 0 Å². The van der Waals surface area contributed by atoms with Crippen LogP contribution in [-0.2, 0) is 9.53 Å². The van der Waals surface area contributed by atoms with Crippen LogP contribution < -0.4 is 0 Å². The first kappa shape index (κ1) is 23.4. The first-order chi connectivity index (χ1) is 11.7. The van der Waals surface area contributed by atoms with Gasteiger partial charge in [0, 0.05) is 13.7 Å². The highest BCUT2D eigenvalue weighted by molar-refractivity contribution is 5.69. The Morgan fingerprint density at radius 1 is 0.750 bits per heavy atom. The highest BCUT2D eigenvalue weighted by Crippen LogP contribution is 2.17. The molecule has 0 rings (SSSR count). The van der Waals surface area contributed by atoms with Crippen LogP contribution in [0.25, 0.3) is 0 Å². The summed E-state index contributed by atoms with van der Waals surface area (Å²) in [5.74, 6) is -0.885. The van der Waals surface area contributed by atoms with Crippen molar-refractivity contribution in [3.8, 4) is 0 Å². The standard InChI is InChI=1S/C21H42O3/c1-3-4-5-6-7-8-9-10-11-12-13-14-15-16-17-20(21(22)23)18-19-24-2/h20H,3-19H2,1-2H3,(H,22,23). The van der Waals surface area contributed by atoms with E-state index < -0.39 is 5.97 Å². The highest BCUT2D eigenvalue weighted by Gasteiger charge is 2.16. The van der Waals surface area contributed by atoms with Gasteiger partial charge in [-0.15, -0.1) is 0 Å². The van der Waals surface area contributed by atoms with Gasteiger partial charge in [0.1, 0.15) is 0 Å². The number of carbonyl (C=O) groups is 1. The van der Waals surface area contributed by atoms with E-state index in [9.17, 15) is 4.79 Å². The van der Waals surface area contributed by atoms with Crippen molar-refractivity contribution in [3.05, 3.63) is 0 Å². The predicted molar refractivity (Wildman–Crippen MR) is 103 cm³/mol. The van der Waals surface area contributed by atoms with Gasteiger partial charge in [-0.1, -0.05) is 96.8 Å². The van der Waals surface area contributed by atoms with Crippen molar-refractivity contribution >= 4 is 5.97 Å². The van der Waals surface area contributed by atoms with E-state index in [1.165, 1.54) is 83.5 Å². The van der Waals surface area contributed by atoms with Crippen molar-refractivity contribution in [3.63, 3.8) is 0 Å². The minimum atomic E-state index is -0.665. The number of unbranched alkanes of at least 4 members (excludes halogenated alkanes) is 13. The van der Waals surface area contributed by atoms with E-state index in [0.29, 0.717) is 13.0 Å². The second-order valence-corrected chi connectivity index (χ2v) is 7.20. The summed E-state index contributed by atoms with van der Waals surface area (Å²) in [5.41, 5.74) is 0. The Hall–Kier alpha value is -0.570. The molecule has 24 heavy (non-hydrogen) atoms. The van der Waals surface area contributed by atoms with Gasteiger partial charge in [-0.25, -0.2) is 0 Å². The van der Waals surface area contributed by atoms with E-state index in [1.807, 2.05) is 0 Å². The molecule has 0 aromatic rings. The maximum absolute atomic E-state index is 11.1. The molecule has 0 aromatic carbocycles. The molecule has 3 nitrogen and oxygen atoms in total. The Balaban J connectivity index is 3.25. The van der Waals surface area contributed by atoms with E-state index in [-0.39, 0.29) is 5.92 Å². The van der Waals surface area contributed by atoms with Gasteiger partial charge in [0.25, 0.3) is 0 Å². The number of hydrogen-bond donors (Lipinski definition) is 1. The average molecular weight is 343 g/mol. The van der Waals surface area contributed by atoms with E-state index >= 15 is 0 Å². The third-order valence-electron chi connectivity index (χ3n) is 4.93. The molecular formula is C21H42O3. The largest absolute Gasteiger partial charge is 0.481 e. The SMILES string of the molecule is CCCCCCCCCCCCCCCCC(CCOC)C(=O)O. The lowest BCUT2D eigenvalue weighted by Crippen LogP contribution is -2.15. The Labute approximate surface area is 150 Å². The topological polar surface area (TPSA) is 46.5 Å². The first-order valence-corrected chi connectivity index (χ1v) is 10.4. The smallest absolute Gasteiger partial charge is 0.306 e. The number of rotatable bonds is 19. The molecule has 0 saturated carbocycles. The first-order valence-electron chi connectivity index (χ1n) is 10.4. The fourth-order valence-corrected chi connectivity index (χ4v) is 3.24. The minimum Gasteiger partial charge on any atom is -0.481 e. The molecule has 0 amide bonds. The van der Waals surface area contributed by atoms with Gasteiger partial charge in [-0.05, 0) is 12.8 Å². The molecule has 0 aliphatic carbocycles. The fourth-order valence-electron chi connectivity index (χ4n) is 3.24. The molecule has 0 aliphatic rings. The summed E-state index contributed by atoms with van der Waals surface area (Å²) in [4.78, 5) is 11.1. The summed E-state index contributed by atoms with van der Waals surface area (Å²) < 4.78 is 4.98. The average Bonchev–Trinajstić information content (AvgIpc) is 2.57. The predicted octanol–water partition coefficient (Wildman–Crippen LogP) is 6.60. The molecule has 0 fully saturated rings. The molecule has 0 aromatic heterocycles. The van der Waals surface area contributed by atoms with Crippen LogP contribution in [0.1, 0.15) is 110 Å². The molecule has 0 heterocycles. The van der Waals surface area contributed by atoms with Crippen LogP contribution in [0.2, 0.25) is 0 Å². The van der Waals surface area contributed by atoms with Crippen LogP contribution in [0.3, 0.4) is 0 Å². The van der Waals surface area contributed by atoms with Crippen LogP contribution >= 0.6 is 0 Å². The maximum atomic E-state index is 11.1. The minimum absolute atomic E-state index is 0.220. The monoisotopic (exact) mass is 342 g/mol. The van der Waals surface area contributed by atoms with Crippen molar-refractivity contribution in [2.75, 3.05) is 13.7 Å². The van der Waals surface area contributed by atoms with Gasteiger partial charge in [-0.3, -0.25) is 4.79 Å². The molecule has 1 N–H and O–H groups in total. The third kappa shape index (κ3) is 16.3. The van der Waals surface area contributed by atoms with E-state index in [1.54, 1.807) is 7.11 Å². The number of carboxylic acids is 1. The third-order valence-corrected chi connectivity index (χ3v) is 4.93. The Kier molecular flexibility index (Phi) is 18.3. The lowest BCUT2D eigenvalue weighted by atomic mass is 9.97. The molecule has 1 atom stereocenters. The van der Waals surface area contributed by atoms with Gasteiger partial charge >= 0.3 is 5.97 Å². The van der Waals surface area contributed by atoms with Crippen LogP contribution in [0.15, 0.2) is 0 Å². The molecule has 0 bridgehead atoms. The van der Waals surface area contributed by atoms with Gasteiger partial charge in [0.05, 0.1) is 5.92 Å². The second-order valence-electron chi connectivity index (χ2n) is 7.20. The Morgan fingerprint density at radius 2 is 1.17 bits per heavy atom. The number of hydrogen-bond acceptors (Lipinski definition) is 2. The molecule has 3 heteroatoms. The molecule has 0 saturated heterocycles. The lowest BCUT2D eigenvalue weighted by Gasteiger charge is -2.11. The summed E-state index contributed by atoms with van der Waals surface area (Å²) in [6.07, 6.45) is 20.2. The second kappa shape index (κ2) is 18.8. The molecule has 0 aliphatic heterocycles. The summed E-state index contributed by atoms with van der Waals surface area (Å²) >= 11 is 0. The highest BCUT2D eigenvalue weighted by atomic mass is 16.5. The van der Waals surface area contributed by atoms with Gasteiger partial charge in [0.2, 0.25) is 0 Å². The number of methoxy groups -OCH3 is 1. The van der Waals surface area contributed by atoms with Crippen molar-refractivity contribution < 1.29 is 14.6 Å². The van der Waals surface area contributed by atoms with Gasteiger partial charge < -0.3 is 9.84 Å². The summed E-state index contributed by atoms with van der Waals surface area (Å²) in [6, 6.07) is 0. The summed E-state index contributed by atoms with van der Waals surface area (Å²) in [7, 11) is 1.63. The zero-order valence-electron chi connectivity index (χ0n) is 16.4. The maximum Gasteiger partial charge on any atom is 0.306 e. The normalized spacial score (nSPS) is 12.4. The Bertz CT molecular complexity index is 266. The number of aliphatic carboxylic acids is 1. The summed E-state index contributed by atoms with van der Waals surface area (Å²) in [6.45, 7) is 2.82. The quantitative estimate of drug-likeness (QED) is 0.269. The zero-order chi connectivity index (χ0) is 17.9.